The number of rotatable bonds is 5. The van der Waals surface area contributed by atoms with Crippen LogP contribution in [-0.2, 0) is 6.54 Å². The van der Waals surface area contributed by atoms with Crippen molar-refractivity contribution in [2.24, 2.45) is 5.73 Å². The van der Waals surface area contributed by atoms with E-state index in [0.29, 0.717) is 5.56 Å². The molecule has 1 aromatic heterocycles. The molecule has 0 atom stereocenters. The highest BCUT2D eigenvalue weighted by molar-refractivity contribution is 5.45. The molecule has 1 aliphatic carbocycles. The number of benzene rings is 1. The smallest absolute Gasteiger partial charge is 0.405 e. The monoisotopic (exact) mass is 411 g/mol. The first kappa shape index (κ1) is 21.1. The standard InChI is InChI=1S/C19H24F3N5O2/c1-26(14-6-3-13(23)4-7-14)11-12-2-5-15(10-16(12)29-19(20,21)22)27-9-8-17(24)25-18(27)28/h2,5,8-10,13-14H,3-4,6-7,11,23H2,1H3,(H2,24,25,28). The van der Waals surface area contributed by atoms with Crippen LogP contribution in [0.25, 0.3) is 5.69 Å². The number of hydrogen-bond donors (Lipinski definition) is 2. The van der Waals surface area contributed by atoms with Crippen LogP contribution in [0.1, 0.15) is 31.2 Å². The Morgan fingerprint density at radius 1 is 1.24 bits per heavy atom. The van der Waals surface area contributed by atoms with E-state index in [2.05, 4.69) is 9.72 Å². The molecule has 3 rings (SSSR count). The quantitative estimate of drug-likeness (QED) is 0.784. The number of alkyl halides is 3. The van der Waals surface area contributed by atoms with Crippen LogP contribution in [-0.4, -0.2) is 39.9 Å². The molecule has 4 N–H and O–H groups in total. The predicted molar refractivity (Wildman–Crippen MR) is 103 cm³/mol. The number of aromatic nitrogens is 2. The van der Waals surface area contributed by atoms with E-state index >= 15 is 0 Å². The van der Waals surface area contributed by atoms with Crippen molar-refractivity contribution in [3.63, 3.8) is 0 Å². The molecule has 0 aliphatic heterocycles. The zero-order chi connectivity index (χ0) is 21.2. The van der Waals surface area contributed by atoms with E-state index in [1.807, 2.05) is 11.9 Å². The molecule has 0 unspecified atom stereocenters. The molecule has 1 fully saturated rings. The van der Waals surface area contributed by atoms with Gasteiger partial charge in [-0.05, 0) is 44.9 Å². The van der Waals surface area contributed by atoms with Crippen molar-refractivity contribution in [1.29, 1.82) is 0 Å². The molecular formula is C19H24F3N5O2. The number of nitrogens with zero attached hydrogens (tertiary/aromatic N) is 3. The lowest BCUT2D eigenvalue weighted by molar-refractivity contribution is -0.275. The van der Waals surface area contributed by atoms with Gasteiger partial charge in [-0.2, -0.15) is 4.98 Å². The van der Waals surface area contributed by atoms with Gasteiger partial charge in [0.05, 0.1) is 5.69 Å². The van der Waals surface area contributed by atoms with Crippen LogP contribution >= 0.6 is 0 Å². The fourth-order valence-electron chi connectivity index (χ4n) is 3.60. The van der Waals surface area contributed by atoms with Crippen LogP contribution in [0.4, 0.5) is 19.0 Å². The maximum Gasteiger partial charge on any atom is 0.573 e. The Kier molecular flexibility index (Phi) is 6.13. The molecule has 0 amide bonds. The lowest BCUT2D eigenvalue weighted by Gasteiger charge is -2.33. The van der Waals surface area contributed by atoms with Gasteiger partial charge in [0, 0.05) is 36.5 Å². The molecule has 0 radical (unpaired) electrons. The predicted octanol–water partition coefficient (Wildman–Crippen LogP) is 2.42. The molecule has 1 aromatic carbocycles. The summed E-state index contributed by atoms with van der Waals surface area (Å²) in [5.74, 6) is -0.318. The molecule has 2 aromatic rings. The first-order chi connectivity index (χ1) is 13.6. The maximum absolute atomic E-state index is 13.0. The van der Waals surface area contributed by atoms with E-state index in [4.69, 9.17) is 11.5 Å². The van der Waals surface area contributed by atoms with Gasteiger partial charge in [-0.3, -0.25) is 9.47 Å². The highest BCUT2D eigenvalue weighted by Crippen LogP contribution is 2.31. The average molecular weight is 411 g/mol. The molecule has 1 heterocycles. The van der Waals surface area contributed by atoms with Crippen LogP contribution < -0.4 is 21.9 Å². The highest BCUT2D eigenvalue weighted by atomic mass is 19.4. The van der Waals surface area contributed by atoms with Crippen molar-refractivity contribution in [2.45, 2.75) is 50.7 Å². The van der Waals surface area contributed by atoms with E-state index < -0.39 is 12.1 Å². The summed E-state index contributed by atoms with van der Waals surface area (Å²) in [6.45, 7) is 0.278. The largest absolute Gasteiger partial charge is 0.573 e. The Hall–Kier alpha value is -2.59. The fraction of sp³-hybridized carbons (Fsp3) is 0.474. The number of ether oxygens (including phenoxy) is 1. The lowest BCUT2D eigenvalue weighted by Crippen LogP contribution is -2.38. The number of nitrogen functional groups attached to an aromatic ring is 1. The molecule has 0 bridgehead atoms. The summed E-state index contributed by atoms with van der Waals surface area (Å²) in [5.41, 5.74) is 11.3. The van der Waals surface area contributed by atoms with Crippen LogP contribution in [0, 0.1) is 0 Å². The highest BCUT2D eigenvalue weighted by Gasteiger charge is 2.33. The van der Waals surface area contributed by atoms with Gasteiger partial charge in [0.1, 0.15) is 11.6 Å². The first-order valence-electron chi connectivity index (χ1n) is 9.32. The normalized spacial score (nSPS) is 20.1. The summed E-state index contributed by atoms with van der Waals surface area (Å²) in [5, 5.41) is 0. The topological polar surface area (TPSA) is 99.4 Å². The third-order valence-electron chi connectivity index (χ3n) is 5.16. The molecule has 0 spiro atoms. The molecule has 10 heteroatoms. The Labute approximate surface area is 166 Å². The zero-order valence-corrected chi connectivity index (χ0v) is 16.0. The minimum atomic E-state index is -4.85. The Bertz CT molecular complexity index is 907. The maximum atomic E-state index is 13.0. The fourth-order valence-corrected chi connectivity index (χ4v) is 3.60. The van der Waals surface area contributed by atoms with Crippen molar-refractivity contribution in [3.05, 3.63) is 46.5 Å². The second-order valence-corrected chi connectivity index (χ2v) is 7.33. The first-order valence-corrected chi connectivity index (χ1v) is 9.32. The summed E-state index contributed by atoms with van der Waals surface area (Å²) in [7, 11) is 1.88. The molecule has 29 heavy (non-hydrogen) atoms. The third-order valence-corrected chi connectivity index (χ3v) is 5.16. The summed E-state index contributed by atoms with van der Waals surface area (Å²) in [6, 6.07) is 6.10. The number of halogens is 3. The Morgan fingerprint density at radius 2 is 1.93 bits per heavy atom. The number of anilines is 1. The second kappa shape index (κ2) is 8.42. The van der Waals surface area contributed by atoms with Crippen molar-refractivity contribution in [2.75, 3.05) is 12.8 Å². The van der Waals surface area contributed by atoms with E-state index in [-0.39, 0.29) is 35.9 Å². The summed E-state index contributed by atoms with van der Waals surface area (Å²) in [4.78, 5) is 17.6. The Morgan fingerprint density at radius 3 is 2.55 bits per heavy atom. The van der Waals surface area contributed by atoms with Gasteiger partial charge < -0.3 is 16.2 Å². The number of hydrogen-bond acceptors (Lipinski definition) is 6. The van der Waals surface area contributed by atoms with Crippen molar-refractivity contribution in [1.82, 2.24) is 14.5 Å². The van der Waals surface area contributed by atoms with Crippen LogP contribution in [0.5, 0.6) is 5.75 Å². The van der Waals surface area contributed by atoms with Gasteiger partial charge in [0.25, 0.3) is 0 Å². The van der Waals surface area contributed by atoms with Crippen molar-refractivity contribution in [3.8, 4) is 11.4 Å². The van der Waals surface area contributed by atoms with E-state index in [1.165, 1.54) is 24.4 Å². The molecule has 1 saturated carbocycles. The minimum Gasteiger partial charge on any atom is -0.405 e. The van der Waals surface area contributed by atoms with Crippen LogP contribution in [0.2, 0.25) is 0 Å². The Balaban J connectivity index is 1.89. The van der Waals surface area contributed by atoms with Gasteiger partial charge in [0.2, 0.25) is 0 Å². The van der Waals surface area contributed by atoms with Gasteiger partial charge in [-0.1, -0.05) is 6.07 Å². The van der Waals surface area contributed by atoms with E-state index in [9.17, 15) is 18.0 Å². The van der Waals surface area contributed by atoms with Gasteiger partial charge >= 0.3 is 12.1 Å². The molecule has 158 valence electrons. The second-order valence-electron chi connectivity index (χ2n) is 7.33. The van der Waals surface area contributed by atoms with Gasteiger partial charge in [0.15, 0.2) is 0 Å². The summed E-state index contributed by atoms with van der Waals surface area (Å²) in [6.07, 6.45) is 0.0948. The lowest BCUT2D eigenvalue weighted by atomic mass is 9.91. The third kappa shape index (κ3) is 5.48. The summed E-state index contributed by atoms with van der Waals surface area (Å²) < 4.78 is 44.3. The number of nitrogens with two attached hydrogens (primary N) is 2. The molecular weight excluding hydrogens is 387 g/mol. The minimum absolute atomic E-state index is 0.0310. The summed E-state index contributed by atoms with van der Waals surface area (Å²) >= 11 is 0. The average Bonchev–Trinajstić information content (AvgIpc) is 2.62. The van der Waals surface area contributed by atoms with Gasteiger partial charge in [-0.25, -0.2) is 4.79 Å². The van der Waals surface area contributed by atoms with Gasteiger partial charge in [-0.15, -0.1) is 13.2 Å². The van der Waals surface area contributed by atoms with E-state index in [1.54, 1.807) is 6.07 Å². The molecule has 1 aliphatic rings. The molecule has 0 saturated heterocycles. The molecule has 7 nitrogen and oxygen atoms in total. The van der Waals surface area contributed by atoms with Crippen LogP contribution in [0.15, 0.2) is 35.3 Å². The van der Waals surface area contributed by atoms with Crippen molar-refractivity contribution < 1.29 is 17.9 Å². The van der Waals surface area contributed by atoms with E-state index in [0.717, 1.165) is 30.3 Å². The van der Waals surface area contributed by atoms with Crippen LogP contribution in [0.3, 0.4) is 0 Å². The zero-order valence-electron chi connectivity index (χ0n) is 16.0. The van der Waals surface area contributed by atoms with Crippen molar-refractivity contribution >= 4 is 5.82 Å². The SMILES string of the molecule is CN(Cc1ccc(-n2ccc(N)nc2=O)cc1OC(F)(F)F)C1CCC(N)CC1.